The molecule has 0 aromatic carbocycles. The highest BCUT2D eigenvalue weighted by Crippen LogP contribution is 2.25. The number of carbonyl (C=O) groups is 1. The molecule has 8 nitrogen and oxygen atoms in total. The highest BCUT2D eigenvalue weighted by molar-refractivity contribution is 5.96. The zero-order valence-corrected chi connectivity index (χ0v) is 14.3. The minimum Gasteiger partial charge on any atom is -0.477 e. The van der Waals surface area contributed by atoms with Gasteiger partial charge in [-0.1, -0.05) is 0 Å². The van der Waals surface area contributed by atoms with E-state index in [0.29, 0.717) is 30.4 Å². The first kappa shape index (κ1) is 16.2. The molecule has 1 aliphatic rings. The van der Waals surface area contributed by atoms with Crippen molar-refractivity contribution in [2.45, 2.75) is 26.4 Å². The summed E-state index contributed by atoms with van der Waals surface area (Å²) in [4.78, 5) is 22.8. The van der Waals surface area contributed by atoms with Crippen LogP contribution in [0, 0.1) is 13.8 Å². The molecule has 1 aliphatic heterocycles. The minimum absolute atomic E-state index is 0.00434. The van der Waals surface area contributed by atoms with Crippen molar-refractivity contribution in [3.63, 3.8) is 0 Å². The summed E-state index contributed by atoms with van der Waals surface area (Å²) < 4.78 is 12.7. The van der Waals surface area contributed by atoms with Gasteiger partial charge in [-0.25, -0.2) is 9.97 Å². The van der Waals surface area contributed by atoms with Gasteiger partial charge in [-0.3, -0.25) is 9.48 Å². The fourth-order valence-corrected chi connectivity index (χ4v) is 2.94. The van der Waals surface area contributed by atoms with Gasteiger partial charge in [-0.05, 0) is 13.8 Å². The smallest absolute Gasteiger partial charge is 0.278 e. The summed E-state index contributed by atoms with van der Waals surface area (Å²) >= 11 is 0. The molecule has 3 heterocycles. The maximum Gasteiger partial charge on any atom is 0.278 e. The van der Waals surface area contributed by atoms with E-state index in [2.05, 4.69) is 15.1 Å². The largest absolute Gasteiger partial charge is 0.477 e. The van der Waals surface area contributed by atoms with Crippen molar-refractivity contribution >= 4 is 5.91 Å². The maximum absolute atomic E-state index is 12.8. The third-order valence-corrected chi connectivity index (χ3v) is 4.26. The molecule has 3 rings (SSSR count). The number of aromatic nitrogens is 4. The van der Waals surface area contributed by atoms with Gasteiger partial charge in [0.2, 0.25) is 0 Å². The molecular weight excluding hydrogens is 310 g/mol. The molecule has 0 N–H and O–H groups in total. The van der Waals surface area contributed by atoms with Crippen LogP contribution < -0.4 is 9.47 Å². The summed E-state index contributed by atoms with van der Waals surface area (Å²) in [6.45, 7) is 4.91. The highest BCUT2D eigenvalue weighted by atomic mass is 16.5. The summed E-state index contributed by atoms with van der Waals surface area (Å²) in [6.07, 6.45) is 3.71. The van der Waals surface area contributed by atoms with E-state index in [9.17, 15) is 4.79 Å². The lowest BCUT2D eigenvalue weighted by molar-refractivity contribution is 0.0768. The number of hydrogen-bond acceptors (Lipinski definition) is 6. The molecule has 1 saturated heterocycles. The molecule has 8 heteroatoms. The van der Waals surface area contributed by atoms with Crippen molar-refractivity contribution in [3.8, 4) is 11.8 Å². The SMILES string of the molecule is COc1nccnc1OC1CCN(C(=O)c2c(C)nn(C)c2C)C1. The number of amides is 1. The first-order chi connectivity index (χ1) is 11.5. The van der Waals surface area contributed by atoms with Gasteiger partial charge in [0.05, 0.1) is 24.9 Å². The zero-order valence-electron chi connectivity index (χ0n) is 14.3. The lowest BCUT2D eigenvalue weighted by atomic mass is 10.2. The quantitative estimate of drug-likeness (QED) is 0.835. The third-order valence-electron chi connectivity index (χ3n) is 4.26. The van der Waals surface area contributed by atoms with Gasteiger partial charge in [0.15, 0.2) is 0 Å². The number of aryl methyl sites for hydroxylation is 2. The van der Waals surface area contributed by atoms with E-state index in [4.69, 9.17) is 9.47 Å². The monoisotopic (exact) mass is 331 g/mol. The Hall–Kier alpha value is -2.64. The number of nitrogens with zero attached hydrogens (tertiary/aromatic N) is 5. The molecule has 1 atom stereocenters. The molecule has 24 heavy (non-hydrogen) atoms. The van der Waals surface area contributed by atoms with Crippen molar-refractivity contribution in [1.82, 2.24) is 24.6 Å². The molecule has 0 saturated carbocycles. The summed E-state index contributed by atoms with van der Waals surface area (Å²) in [7, 11) is 3.37. The predicted molar refractivity (Wildman–Crippen MR) is 86.2 cm³/mol. The number of ether oxygens (including phenoxy) is 2. The Kier molecular flexibility index (Phi) is 4.37. The summed E-state index contributed by atoms with van der Waals surface area (Å²) in [5, 5.41) is 4.32. The van der Waals surface area contributed by atoms with E-state index in [1.54, 1.807) is 22.0 Å². The Bertz CT molecular complexity index is 758. The lowest BCUT2D eigenvalue weighted by Gasteiger charge is -2.17. The number of hydrogen-bond donors (Lipinski definition) is 0. The molecule has 1 amide bonds. The van der Waals surface area contributed by atoms with Gasteiger partial charge in [0.1, 0.15) is 6.10 Å². The van der Waals surface area contributed by atoms with Crippen molar-refractivity contribution in [3.05, 3.63) is 29.3 Å². The lowest BCUT2D eigenvalue weighted by Crippen LogP contribution is -2.31. The van der Waals surface area contributed by atoms with Crippen molar-refractivity contribution in [2.24, 2.45) is 7.05 Å². The summed E-state index contributed by atoms with van der Waals surface area (Å²) in [5.74, 6) is 0.699. The van der Waals surface area contributed by atoms with E-state index in [0.717, 1.165) is 17.8 Å². The molecule has 0 spiro atoms. The van der Waals surface area contributed by atoms with Gasteiger partial charge < -0.3 is 14.4 Å². The average molecular weight is 331 g/mol. The zero-order chi connectivity index (χ0) is 17.3. The van der Waals surface area contributed by atoms with E-state index in [-0.39, 0.29) is 12.0 Å². The first-order valence-electron chi connectivity index (χ1n) is 7.82. The van der Waals surface area contributed by atoms with Crippen LogP contribution in [0.3, 0.4) is 0 Å². The molecule has 128 valence electrons. The second-order valence-electron chi connectivity index (χ2n) is 5.82. The van der Waals surface area contributed by atoms with Crippen LogP contribution in [0.15, 0.2) is 12.4 Å². The van der Waals surface area contributed by atoms with Crippen LogP contribution in [-0.2, 0) is 7.05 Å². The van der Waals surface area contributed by atoms with Gasteiger partial charge in [0.25, 0.3) is 17.7 Å². The van der Waals surface area contributed by atoms with E-state index < -0.39 is 0 Å². The molecule has 0 aliphatic carbocycles. The van der Waals surface area contributed by atoms with Crippen LogP contribution in [0.2, 0.25) is 0 Å². The number of carbonyl (C=O) groups excluding carboxylic acids is 1. The van der Waals surface area contributed by atoms with Crippen molar-refractivity contribution in [1.29, 1.82) is 0 Å². The Labute approximate surface area is 140 Å². The highest BCUT2D eigenvalue weighted by Gasteiger charge is 2.31. The second-order valence-corrected chi connectivity index (χ2v) is 5.82. The van der Waals surface area contributed by atoms with Crippen LogP contribution in [0.25, 0.3) is 0 Å². The molecule has 1 fully saturated rings. The van der Waals surface area contributed by atoms with Crippen LogP contribution in [-0.4, -0.2) is 56.9 Å². The normalized spacial score (nSPS) is 17.2. The standard InChI is InChI=1S/C16H21N5O3/c1-10-13(11(2)20(3)19-10)16(22)21-8-5-12(9-21)24-15-14(23-4)17-6-7-18-15/h6-7,12H,5,8-9H2,1-4H3. The van der Waals surface area contributed by atoms with Gasteiger partial charge in [-0.15, -0.1) is 0 Å². The summed E-state index contributed by atoms with van der Waals surface area (Å²) in [6, 6.07) is 0. The molecule has 0 radical (unpaired) electrons. The average Bonchev–Trinajstić information content (AvgIpc) is 3.13. The van der Waals surface area contributed by atoms with E-state index >= 15 is 0 Å². The maximum atomic E-state index is 12.8. The molecular formula is C16H21N5O3. The van der Waals surface area contributed by atoms with E-state index in [1.165, 1.54) is 7.11 Å². The van der Waals surface area contributed by atoms with Gasteiger partial charge in [-0.2, -0.15) is 5.10 Å². The fraction of sp³-hybridized carbons (Fsp3) is 0.500. The molecule has 1 unspecified atom stereocenters. The first-order valence-corrected chi connectivity index (χ1v) is 7.82. The molecule has 2 aromatic rings. The van der Waals surface area contributed by atoms with Crippen molar-refractivity contribution < 1.29 is 14.3 Å². The Morgan fingerprint density at radius 3 is 2.58 bits per heavy atom. The summed E-state index contributed by atoms with van der Waals surface area (Å²) in [5.41, 5.74) is 2.30. The topological polar surface area (TPSA) is 82.4 Å². The molecule has 0 bridgehead atoms. The Morgan fingerprint density at radius 1 is 1.25 bits per heavy atom. The Balaban J connectivity index is 1.70. The van der Waals surface area contributed by atoms with Gasteiger partial charge in [0, 0.05) is 38.1 Å². The van der Waals surface area contributed by atoms with Crippen LogP contribution >= 0.6 is 0 Å². The number of likely N-dealkylation sites (tertiary alicyclic amines) is 1. The third kappa shape index (κ3) is 2.91. The van der Waals surface area contributed by atoms with Crippen LogP contribution in [0.5, 0.6) is 11.8 Å². The van der Waals surface area contributed by atoms with E-state index in [1.807, 2.05) is 20.9 Å². The van der Waals surface area contributed by atoms with Crippen LogP contribution in [0.4, 0.5) is 0 Å². The van der Waals surface area contributed by atoms with Crippen LogP contribution in [0.1, 0.15) is 28.2 Å². The predicted octanol–water partition coefficient (Wildman–Crippen LogP) is 1.13. The second kappa shape index (κ2) is 6.46. The fourth-order valence-electron chi connectivity index (χ4n) is 2.94. The number of rotatable bonds is 4. The molecule has 2 aromatic heterocycles. The van der Waals surface area contributed by atoms with Gasteiger partial charge >= 0.3 is 0 Å². The Morgan fingerprint density at radius 2 is 1.96 bits per heavy atom. The minimum atomic E-state index is -0.128. The van der Waals surface area contributed by atoms with Crippen molar-refractivity contribution in [2.75, 3.05) is 20.2 Å². The number of methoxy groups -OCH3 is 1.